The lowest BCUT2D eigenvalue weighted by Gasteiger charge is -2.18. The Morgan fingerprint density at radius 3 is 2.17 bits per heavy atom. The molecule has 0 bridgehead atoms. The SMILES string of the molecule is CN=C(NCc1ccc(C(=O)N(C)C)cc1)NCC(C)Oc1ccc(OC)cc1.I. The number of guanidine groups is 1. The van der Waals surface area contributed by atoms with E-state index in [-0.39, 0.29) is 36.0 Å². The number of carbonyl (C=O) groups is 1. The summed E-state index contributed by atoms with van der Waals surface area (Å²) in [6.45, 7) is 3.19. The zero-order valence-electron chi connectivity index (χ0n) is 18.1. The summed E-state index contributed by atoms with van der Waals surface area (Å²) in [5.74, 6) is 2.26. The summed E-state index contributed by atoms with van der Waals surface area (Å²) in [5.41, 5.74) is 1.73. The zero-order chi connectivity index (χ0) is 21.2. The van der Waals surface area contributed by atoms with Crippen LogP contribution in [-0.2, 0) is 6.54 Å². The smallest absolute Gasteiger partial charge is 0.253 e. The topological polar surface area (TPSA) is 75.2 Å². The second kappa shape index (κ2) is 12.9. The molecule has 0 radical (unpaired) electrons. The molecule has 164 valence electrons. The van der Waals surface area contributed by atoms with Gasteiger partial charge in [-0.1, -0.05) is 12.1 Å². The molecule has 0 aliphatic carbocycles. The molecule has 0 spiro atoms. The van der Waals surface area contributed by atoms with Crippen LogP contribution in [0.25, 0.3) is 0 Å². The Kier molecular flexibility index (Phi) is 11.0. The number of halogens is 1. The molecular weight excluding hydrogens is 495 g/mol. The fraction of sp³-hybridized carbons (Fsp3) is 0.364. The minimum absolute atomic E-state index is 0. The number of hydrogen-bond acceptors (Lipinski definition) is 4. The first-order valence-corrected chi connectivity index (χ1v) is 9.48. The van der Waals surface area contributed by atoms with Gasteiger partial charge in [-0.25, -0.2) is 0 Å². The van der Waals surface area contributed by atoms with Crippen LogP contribution in [-0.4, -0.2) is 57.7 Å². The average Bonchev–Trinajstić information content (AvgIpc) is 2.74. The van der Waals surface area contributed by atoms with Crippen LogP contribution in [0, 0.1) is 0 Å². The number of hydrogen-bond donors (Lipinski definition) is 2. The molecule has 7 nitrogen and oxygen atoms in total. The molecule has 0 aromatic heterocycles. The lowest BCUT2D eigenvalue weighted by Crippen LogP contribution is -2.41. The van der Waals surface area contributed by atoms with E-state index in [1.54, 1.807) is 33.2 Å². The molecule has 0 aliphatic heterocycles. The van der Waals surface area contributed by atoms with Crippen molar-refractivity contribution in [1.29, 1.82) is 0 Å². The second-order valence-electron chi connectivity index (χ2n) is 6.81. The quantitative estimate of drug-likeness (QED) is 0.314. The van der Waals surface area contributed by atoms with Gasteiger partial charge in [0.25, 0.3) is 5.91 Å². The summed E-state index contributed by atoms with van der Waals surface area (Å²) in [6.07, 6.45) is -0.0433. The van der Waals surface area contributed by atoms with E-state index in [4.69, 9.17) is 9.47 Å². The first-order chi connectivity index (χ1) is 13.9. The molecule has 2 rings (SSSR count). The number of benzene rings is 2. The van der Waals surface area contributed by atoms with Crippen LogP contribution < -0.4 is 20.1 Å². The molecule has 2 aromatic rings. The van der Waals surface area contributed by atoms with Gasteiger partial charge in [-0.2, -0.15) is 0 Å². The molecule has 0 aliphatic rings. The minimum Gasteiger partial charge on any atom is -0.497 e. The lowest BCUT2D eigenvalue weighted by atomic mass is 10.1. The first-order valence-electron chi connectivity index (χ1n) is 9.48. The van der Waals surface area contributed by atoms with Crippen molar-refractivity contribution in [2.75, 3.05) is 34.8 Å². The fourth-order valence-corrected chi connectivity index (χ4v) is 2.60. The third kappa shape index (κ3) is 8.10. The summed E-state index contributed by atoms with van der Waals surface area (Å²) >= 11 is 0. The maximum Gasteiger partial charge on any atom is 0.253 e. The van der Waals surface area contributed by atoms with Crippen molar-refractivity contribution in [1.82, 2.24) is 15.5 Å². The highest BCUT2D eigenvalue weighted by Gasteiger charge is 2.08. The summed E-state index contributed by atoms with van der Waals surface area (Å²) < 4.78 is 11.0. The van der Waals surface area contributed by atoms with Gasteiger partial charge in [0.1, 0.15) is 17.6 Å². The average molecular weight is 526 g/mol. The van der Waals surface area contributed by atoms with Crippen molar-refractivity contribution in [2.24, 2.45) is 4.99 Å². The van der Waals surface area contributed by atoms with Crippen molar-refractivity contribution in [3.05, 3.63) is 59.7 Å². The summed E-state index contributed by atoms with van der Waals surface area (Å²) in [6, 6.07) is 15.0. The Balaban J connectivity index is 0.00000450. The Bertz CT molecular complexity index is 808. The van der Waals surface area contributed by atoms with Crippen LogP contribution in [0.2, 0.25) is 0 Å². The highest BCUT2D eigenvalue weighted by molar-refractivity contribution is 14.0. The zero-order valence-corrected chi connectivity index (χ0v) is 20.5. The van der Waals surface area contributed by atoms with Gasteiger partial charge in [-0.05, 0) is 48.9 Å². The van der Waals surface area contributed by atoms with Gasteiger partial charge in [0.2, 0.25) is 0 Å². The van der Waals surface area contributed by atoms with E-state index in [0.29, 0.717) is 24.6 Å². The van der Waals surface area contributed by atoms with E-state index in [1.165, 1.54) is 0 Å². The number of nitrogens with zero attached hydrogens (tertiary/aromatic N) is 2. The standard InChI is InChI=1S/C22H30N4O3.HI/c1-16(29-20-12-10-19(28-5)11-13-20)14-24-22(23-2)25-15-17-6-8-18(9-7-17)21(27)26(3)4;/h6-13,16H,14-15H2,1-5H3,(H2,23,24,25);1H. The van der Waals surface area contributed by atoms with Crippen molar-refractivity contribution in [3.63, 3.8) is 0 Å². The van der Waals surface area contributed by atoms with E-state index in [0.717, 1.165) is 17.1 Å². The summed E-state index contributed by atoms with van der Waals surface area (Å²) in [4.78, 5) is 17.7. The van der Waals surface area contributed by atoms with Crippen LogP contribution in [0.15, 0.2) is 53.5 Å². The lowest BCUT2D eigenvalue weighted by molar-refractivity contribution is 0.0827. The molecular formula is C22H31IN4O3. The van der Waals surface area contributed by atoms with E-state index < -0.39 is 0 Å². The fourth-order valence-electron chi connectivity index (χ4n) is 2.60. The molecule has 0 heterocycles. The largest absolute Gasteiger partial charge is 0.497 e. The Morgan fingerprint density at radius 2 is 1.63 bits per heavy atom. The van der Waals surface area contributed by atoms with Crippen LogP contribution in [0.3, 0.4) is 0 Å². The second-order valence-corrected chi connectivity index (χ2v) is 6.81. The predicted octanol–water partition coefficient (Wildman–Crippen LogP) is 3.15. The Morgan fingerprint density at radius 1 is 1.03 bits per heavy atom. The number of carbonyl (C=O) groups excluding carboxylic acids is 1. The molecule has 0 fully saturated rings. The van der Waals surface area contributed by atoms with Crippen molar-refractivity contribution in [2.45, 2.75) is 19.6 Å². The van der Waals surface area contributed by atoms with E-state index >= 15 is 0 Å². The molecule has 0 saturated heterocycles. The van der Waals surface area contributed by atoms with E-state index in [9.17, 15) is 4.79 Å². The van der Waals surface area contributed by atoms with E-state index in [2.05, 4.69) is 15.6 Å². The Hall–Kier alpha value is -2.49. The number of aliphatic imine (C=N–C) groups is 1. The van der Waals surface area contributed by atoms with Crippen molar-refractivity contribution in [3.8, 4) is 11.5 Å². The molecule has 2 aromatic carbocycles. The maximum atomic E-state index is 11.9. The normalized spacial score (nSPS) is 11.7. The number of nitrogens with one attached hydrogen (secondary N) is 2. The van der Waals surface area contributed by atoms with Gasteiger partial charge in [0, 0.05) is 33.3 Å². The summed E-state index contributed by atoms with van der Waals surface area (Å²) in [5, 5.41) is 6.52. The van der Waals surface area contributed by atoms with Gasteiger partial charge in [0.05, 0.1) is 13.7 Å². The Labute approximate surface area is 195 Å². The number of amides is 1. The number of rotatable bonds is 8. The van der Waals surface area contributed by atoms with Gasteiger partial charge in [-0.3, -0.25) is 9.79 Å². The highest BCUT2D eigenvalue weighted by atomic mass is 127. The molecule has 1 atom stereocenters. The van der Waals surface area contributed by atoms with Crippen LogP contribution in [0.4, 0.5) is 0 Å². The van der Waals surface area contributed by atoms with Gasteiger partial charge < -0.3 is 25.0 Å². The minimum atomic E-state index is -0.0433. The van der Waals surface area contributed by atoms with Crippen molar-refractivity contribution < 1.29 is 14.3 Å². The number of methoxy groups -OCH3 is 1. The molecule has 1 unspecified atom stereocenters. The van der Waals surface area contributed by atoms with Crippen LogP contribution >= 0.6 is 24.0 Å². The van der Waals surface area contributed by atoms with Gasteiger partial charge >= 0.3 is 0 Å². The van der Waals surface area contributed by atoms with E-state index in [1.807, 2.05) is 55.5 Å². The van der Waals surface area contributed by atoms with Gasteiger partial charge in [0.15, 0.2) is 5.96 Å². The summed E-state index contributed by atoms with van der Waals surface area (Å²) in [7, 11) is 6.85. The number of ether oxygens (including phenoxy) is 2. The van der Waals surface area contributed by atoms with Crippen LogP contribution in [0.5, 0.6) is 11.5 Å². The highest BCUT2D eigenvalue weighted by Crippen LogP contribution is 2.17. The van der Waals surface area contributed by atoms with Crippen LogP contribution in [0.1, 0.15) is 22.8 Å². The maximum absolute atomic E-state index is 11.9. The monoisotopic (exact) mass is 526 g/mol. The third-order valence-electron chi connectivity index (χ3n) is 4.24. The molecule has 2 N–H and O–H groups in total. The predicted molar refractivity (Wildman–Crippen MR) is 131 cm³/mol. The molecule has 8 heteroatoms. The molecule has 0 saturated carbocycles. The molecule has 30 heavy (non-hydrogen) atoms. The molecule has 1 amide bonds. The van der Waals surface area contributed by atoms with Gasteiger partial charge in [-0.15, -0.1) is 24.0 Å². The van der Waals surface area contributed by atoms with Crippen molar-refractivity contribution >= 4 is 35.8 Å². The first kappa shape index (κ1) is 25.5. The third-order valence-corrected chi connectivity index (χ3v) is 4.24.